The van der Waals surface area contributed by atoms with E-state index in [2.05, 4.69) is 24.1 Å². The SMILES string of the molecule is CC(C)C1C2NCCCC2CN1C1CC1. The van der Waals surface area contributed by atoms with Crippen LogP contribution in [0.5, 0.6) is 0 Å². The molecule has 2 heteroatoms. The van der Waals surface area contributed by atoms with Gasteiger partial charge in [-0.1, -0.05) is 13.8 Å². The molecule has 3 fully saturated rings. The summed E-state index contributed by atoms with van der Waals surface area (Å²) >= 11 is 0. The fourth-order valence-corrected chi connectivity index (χ4v) is 3.78. The number of hydrogen-bond acceptors (Lipinski definition) is 2. The third-order valence-electron chi connectivity index (χ3n) is 4.53. The van der Waals surface area contributed by atoms with Crippen molar-refractivity contribution < 1.29 is 0 Å². The Hall–Kier alpha value is -0.0800. The van der Waals surface area contributed by atoms with Gasteiger partial charge in [-0.05, 0) is 44.1 Å². The lowest BCUT2D eigenvalue weighted by Gasteiger charge is -2.34. The van der Waals surface area contributed by atoms with Crippen LogP contribution in [0.25, 0.3) is 0 Å². The second kappa shape index (κ2) is 3.74. The van der Waals surface area contributed by atoms with Gasteiger partial charge in [-0.3, -0.25) is 4.90 Å². The van der Waals surface area contributed by atoms with E-state index in [4.69, 9.17) is 0 Å². The highest BCUT2D eigenvalue weighted by atomic mass is 15.3. The van der Waals surface area contributed by atoms with E-state index in [1.54, 1.807) is 0 Å². The molecule has 0 aromatic heterocycles. The van der Waals surface area contributed by atoms with Gasteiger partial charge < -0.3 is 5.32 Å². The van der Waals surface area contributed by atoms with Crippen LogP contribution in [0.1, 0.15) is 39.5 Å². The zero-order chi connectivity index (χ0) is 10.4. The predicted molar refractivity (Wildman–Crippen MR) is 62.9 cm³/mol. The van der Waals surface area contributed by atoms with Crippen molar-refractivity contribution in [3.63, 3.8) is 0 Å². The van der Waals surface area contributed by atoms with Crippen molar-refractivity contribution in [3.8, 4) is 0 Å². The van der Waals surface area contributed by atoms with Crippen molar-refractivity contribution in [1.29, 1.82) is 0 Å². The summed E-state index contributed by atoms with van der Waals surface area (Å²) < 4.78 is 0. The lowest BCUT2D eigenvalue weighted by atomic mass is 9.86. The fraction of sp³-hybridized carbons (Fsp3) is 1.00. The third-order valence-corrected chi connectivity index (χ3v) is 4.53. The van der Waals surface area contributed by atoms with E-state index >= 15 is 0 Å². The summed E-state index contributed by atoms with van der Waals surface area (Å²) in [6.45, 7) is 7.44. The van der Waals surface area contributed by atoms with Gasteiger partial charge in [-0.15, -0.1) is 0 Å². The average molecular weight is 208 g/mol. The van der Waals surface area contributed by atoms with Crippen molar-refractivity contribution in [2.24, 2.45) is 11.8 Å². The Morgan fingerprint density at radius 1 is 1.20 bits per heavy atom. The zero-order valence-electron chi connectivity index (χ0n) is 10.1. The first-order chi connectivity index (χ1) is 7.27. The average Bonchev–Trinajstić information content (AvgIpc) is 2.98. The van der Waals surface area contributed by atoms with E-state index in [1.807, 2.05) is 0 Å². The van der Waals surface area contributed by atoms with Gasteiger partial charge in [-0.2, -0.15) is 0 Å². The van der Waals surface area contributed by atoms with Crippen LogP contribution in [-0.4, -0.2) is 36.1 Å². The van der Waals surface area contributed by atoms with Crippen molar-refractivity contribution >= 4 is 0 Å². The molecule has 1 N–H and O–H groups in total. The summed E-state index contributed by atoms with van der Waals surface area (Å²) in [6.07, 6.45) is 5.78. The minimum Gasteiger partial charge on any atom is -0.312 e. The van der Waals surface area contributed by atoms with E-state index in [0.717, 1.165) is 30.0 Å². The number of likely N-dealkylation sites (tertiary alicyclic amines) is 1. The normalized spacial score (nSPS) is 42.2. The predicted octanol–water partition coefficient (Wildman–Crippen LogP) is 1.86. The van der Waals surface area contributed by atoms with Gasteiger partial charge in [-0.25, -0.2) is 0 Å². The van der Waals surface area contributed by atoms with Gasteiger partial charge in [0, 0.05) is 24.7 Å². The van der Waals surface area contributed by atoms with Crippen LogP contribution in [0.3, 0.4) is 0 Å². The Morgan fingerprint density at radius 2 is 2.00 bits per heavy atom. The van der Waals surface area contributed by atoms with Crippen LogP contribution in [0.4, 0.5) is 0 Å². The van der Waals surface area contributed by atoms with Crippen LogP contribution in [0.2, 0.25) is 0 Å². The number of fused-ring (bicyclic) bond motifs is 1. The standard InChI is InChI=1S/C13H24N2/c1-9(2)13-12-10(4-3-7-14-12)8-15(13)11-5-6-11/h9-14H,3-8H2,1-2H3. The first kappa shape index (κ1) is 10.1. The van der Waals surface area contributed by atoms with Gasteiger partial charge in [0.05, 0.1) is 0 Å². The van der Waals surface area contributed by atoms with E-state index in [1.165, 1.54) is 38.8 Å². The zero-order valence-corrected chi connectivity index (χ0v) is 10.1. The van der Waals surface area contributed by atoms with Gasteiger partial charge in [0.15, 0.2) is 0 Å². The van der Waals surface area contributed by atoms with Crippen molar-refractivity contribution in [2.45, 2.75) is 57.7 Å². The lowest BCUT2D eigenvalue weighted by Crippen LogP contribution is -2.49. The molecular formula is C13H24N2. The molecule has 2 nitrogen and oxygen atoms in total. The maximum Gasteiger partial charge on any atom is 0.0278 e. The van der Waals surface area contributed by atoms with Gasteiger partial charge >= 0.3 is 0 Å². The van der Waals surface area contributed by atoms with E-state index in [9.17, 15) is 0 Å². The minimum atomic E-state index is 0.805. The monoisotopic (exact) mass is 208 g/mol. The van der Waals surface area contributed by atoms with E-state index in [-0.39, 0.29) is 0 Å². The highest BCUT2D eigenvalue weighted by molar-refractivity contribution is 5.05. The molecule has 3 unspecified atom stereocenters. The van der Waals surface area contributed by atoms with Gasteiger partial charge in [0.2, 0.25) is 0 Å². The Balaban J connectivity index is 1.78. The van der Waals surface area contributed by atoms with Crippen molar-refractivity contribution in [1.82, 2.24) is 10.2 Å². The first-order valence-electron chi connectivity index (χ1n) is 6.76. The minimum absolute atomic E-state index is 0.805. The lowest BCUT2D eigenvalue weighted by molar-refractivity contribution is 0.176. The Labute approximate surface area is 93.4 Å². The molecule has 1 aliphatic carbocycles. The molecule has 0 spiro atoms. The van der Waals surface area contributed by atoms with Crippen molar-refractivity contribution in [2.75, 3.05) is 13.1 Å². The molecule has 0 radical (unpaired) electrons. The molecule has 0 amide bonds. The molecule has 3 aliphatic rings. The maximum atomic E-state index is 3.78. The summed E-state index contributed by atoms with van der Waals surface area (Å²) in [4.78, 5) is 2.83. The molecular weight excluding hydrogens is 184 g/mol. The number of hydrogen-bond donors (Lipinski definition) is 1. The summed E-state index contributed by atoms with van der Waals surface area (Å²) in [5.41, 5.74) is 0. The molecule has 2 heterocycles. The molecule has 86 valence electrons. The molecule has 2 aliphatic heterocycles. The second-order valence-electron chi connectivity index (χ2n) is 6.04. The molecule has 15 heavy (non-hydrogen) atoms. The van der Waals surface area contributed by atoms with Crippen LogP contribution in [0, 0.1) is 11.8 Å². The van der Waals surface area contributed by atoms with Crippen LogP contribution in [-0.2, 0) is 0 Å². The molecule has 3 atom stereocenters. The quantitative estimate of drug-likeness (QED) is 0.745. The Bertz CT molecular complexity index is 233. The van der Waals surface area contributed by atoms with Crippen LogP contribution >= 0.6 is 0 Å². The largest absolute Gasteiger partial charge is 0.312 e. The first-order valence-corrected chi connectivity index (χ1v) is 6.76. The molecule has 0 aromatic rings. The Kier molecular flexibility index (Phi) is 2.52. The molecule has 3 rings (SSSR count). The molecule has 0 bridgehead atoms. The van der Waals surface area contributed by atoms with E-state index < -0.39 is 0 Å². The summed E-state index contributed by atoms with van der Waals surface area (Å²) in [5, 5.41) is 3.78. The number of rotatable bonds is 2. The number of nitrogens with zero attached hydrogens (tertiary/aromatic N) is 1. The Morgan fingerprint density at radius 3 is 2.67 bits per heavy atom. The second-order valence-corrected chi connectivity index (χ2v) is 6.04. The number of piperidine rings is 1. The van der Waals surface area contributed by atoms with Crippen LogP contribution in [0.15, 0.2) is 0 Å². The molecule has 0 aromatic carbocycles. The van der Waals surface area contributed by atoms with Gasteiger partial charge in [0.25, 0.3) is 0 Å². The molecule has 1 saturated carbocycles. The summed E-state index contributed by atoms with van der Waals surface area (Å²) in [5.74, 6) is 1.76. The van der Waals surface area contributed by atoms with Crippen LogP contribution < -0.4 is 5.32 Å². The smallest absolute Gasteiger partial charge is 0.0278 e. The highest BCUT2D eigenvalue weighted by Crippen LogP contribution is 2.40. The summed E-state index contributed by atoms with van der Waals surface area (Å²) in [6, 6.07) is 2.58. The van der Waals surface area contributed by atoms with E-state index in [0.29, 0.717) is 0 Å². The topological polar surface area (TPSA) is 15.3 Å². The maximum absolute atomic E-state index is 3.78. The number of nitrogens with one attached hydrogen (secondary N) is 1. The summed E-state index contributed by atoms with van der Waals surface area (Å²) in [7, 11) is 0. The third kappa shape index (κ3) is 1.72. The molecule has 2 saturated heterocycles. The van der Waals surface area contributed by atoms with Gasteiger partial charge in [0.1, 0.15) is 0 Å². The fourth-order valence-electron chi connectivity index (χ4n) is 3.78. The van der Waals surface area contributed by atoms with Crippen molar-refractivity contribution in [3.05, 3.63) is 0 Å². The highest BCUT2D eigenvalue weighted by Gasteiger charge is 2.48.